The molecule has 0 aromatic carbocycles. The Hall–Kier alpha value is -1.98. The number of methoxy groups -OCH3 is 1. The highest BCUT2D eigenvalue weighted by molar-refractivity contribution is 5.83. The Morgan fingerprint density at radius 1 is 1.71 bits per heavy atom. The number of nitrogens with two attached hydrogens (primary N) is 1. The molecule has 0 saturated carbocycles. The van der Waals surface area contributed by atoms with Gasteiger partial charge in [-0.05, 0) is 6.07 Å². The van der Waals surface area contributed by atoms with E-state index in [0.717, 1.165) is 5.69 Å². The predicted molar refractivity (Wildman–Crippen MR) is 52.7 cm³/mol. The van der Waals surface area contributed by atoms with E-state index in [4.69, 9.17) is 15.7 Å². The number of rotatable bonds is 4. The molecule has 0 spiro atoms. The van der Waals surface area contributed by atoms with Gasteiger partial charge in [0.25, 0.3) is 0 Å². The molecule has 0 bridgehead atoms. The fraction of sp³-hybridized carbons (Fsp3) is 0.250. The third-order valence-electron chi connectivity index (χ3n) is 1.55. The zero-order chi connectivity index (χ0) is 10.4. The molecular weight excluding hydrogens is 184 g/mol. The van der Waals surface area contributed by atoms with Crippen molar-refractivity contribution in [2.75, 3.05) is 19.0 Å². The van der Waals surface area contributed by atoms with Crippen LogP contribution in [0.4, 0.5) is 5.69 Å². The molecule has 1 rings (SSSR count). The van der Waals surface area contributed by atoms with E-state index in [0.29, 0.717) is 5.88 Å². The summed E-state index contributed by atoms with van der Waals surface area (Å²) in [5.74, 6) is 0.653. The molecule has 0 unspecified atom stereocenters. The predicted octanol–water partition coefficient (Wildman–Crippen LogP) is 0.248. The van der Waals surface area contributed by atoms with Crippen LogP contribution >= 0.6 is 0 Å². The van der Waals surface area contributed by atoms with Crippen LogP contribution in [0.5, 0.6) is 5.88 Å². The van der Waals surface area contributed by atoms with Crippen LogP contribution in [0.25, 0.3) is 0 Å². The summed E-state index contributed by atoms with van der Waals surface area (Å²) in [5.41, 5.74) is 6.04. The van der Waals surface area contributed by atoms with Gasteiger partial charge < -0.3 is 21.0 Å². The normalized spacial score (nSPS) is 11.1. The topological polar surface area (TPSA) is 92.8 Å². The zero-order valence-corrected chi connectivity index (χ0v) is 7.77. The molecule has 0 aliphatic rings. The van der Waals surface area contributed by atoms with E-state index in [9.17, 15) is 0 Å². The van der Waals surface area contributed by atoms with Gasteiger partial charge >= 0.3 is 0 Å². The smallest absolute Gasteiger partial charge is 0.213 e. The van der Waals surface area contributed by atoms with Gasteiger partial charge in [-0.25, -0.2) is 4.98 Å². The van der Waals surface area contributed by atoms with Gasteiger partial charge in [0.15, 0.2) is 5.84 Å². The number of aromatic nitrogens is 1. The lowest BCUT2D eigenvalue weighted by atomic mass is 10.4. The molecular formula is C8H12N4O2. The number of hydrogen-bond donors (Lipinski definition) is 3. The Labute approximate surface area is 81.4 Å². The van der Waals surface area contributed by atoms with Gasteiger partial charge in [0, 0.05) is 6.07 Å². The number of anilines is 1. The Kier molecular flexibility index (Phi) is 3.54. The highest BCUT2D eigenvalue weighted by atomic mass is 16.5. The molecule has 0 atom stereocenters. The first-order valence-corrected chi connectivity index (χ1v) is 3.96. The van der Waals surface area contributed by atoms with Crippen LogP contribution in [0.3, 0.4) is 0 Å². The van der Waals surface area contributed by atoms with Crippen molar-refractivity contribution < 1.29 is 9.94 Å². The molecule has 0 aliphatic carbocycles. The number of nitrogens with one attached hydrogen (secondary N) is 1. The second-order valence-electron chi connectivity index (χ2n) is 2.53. The van der Waals surface area contributed by atoms with Gasteiger partial charge in [0.1, 0.15) is 0 Å². The standard InChI is InChI=1S/C8H12N4O2/c1-14-8-3-2-6(4-11-8)10-5-7(9)12-13/h2-4,10,13H,5H2,1H3,(H2,9,12). The van der Waals surface area contributed by atoms with Gasteiger partial charge in [0.2, 0.25) is 5.88 Å². The van der Waals surface area contributed by atoms with Crippen LogP contribution in [0, 0.1) is 0 Å². The molecule has 6 nitrogen and oxygen atoms in total. The van der Waals surface area contributed by atoms with Crippen LogP contribution < -0.4 is 15.8 Å². The van der Waals surface area contributed by atoms with Crippen molar-refractivity contribution in [3.63, 3.8) is 0 Å². The number of nitrogens with zero attached hydrogens (tertiary/aromatic N) is 2. The lowest BCUT2D eigenvalue weighted by Crippen LogP contribution is -2.22. The van der Waals surface area contributed by atoms with Gasteiger partial charge in [0.05, 0.1) is 25.5 Å². The summed E-state index contributed by atoms with van der Waals surface area (Å²) in [6.45, 7) is 0.268. The summed E-state index contributed by atoms with van der Waals surface area (Å²) in [7, 11) is 1.55. The maximum Gasteiger partial charge on any atom is 0.213 e. The van der Waals surface area contributed by atoms with E-state index in [2.05, 4.69) is 15.5 Å². The quantitative estimate of drug-likeness (QED) is 0.278. The summed E-state index contributed by atoms with van der Waals surface area (Å²) < 4.78 is 4.89. The van der Waals surface area contributed by atoms with E-state index < -0.39 is 0 Å². The Morgan fingerprint density at radius 2 is 2.50 bits per heavy atom. The van der Waals surface area contributed by atoms with Crippen LogP contribution in [0.1, 0.15) is 0 Å². The van der Waals surface area contributed by atoms with E-state index >= 15 is 0 Å². The van der Waals surface area contributed by atoms with Gasteiger partial charge in [-0.1, -0.05) is 5.16 Å². The van der Waals surface area contributed by atoms with Gasteiger partial charge in [-0.2, -0.15) is 0 Å². The van der Waals surface area contributed by atoms with Crippen molar-refractivity contribution in [3.05, 3.63) is 18.3 Å². The van der Waals surface area contributed by atoms with E-state index in [1.54, 1.807) is 25.4 Å². The summed E-state index contributed by atoms with van der Waals surface area (Å²) in [6, 6.07) is 3.51. The highest BCUT2D eigenvalue weighted by Gasteiger charge is 1.96. The van der Waals surface area contributed by atoms with Crippen LogP contribution in [-0.4, -0.2) is 29.7 Å². The number of pyridine rings is 1. The minimum absolute atomic E-state index is 0.112. The maximum absolute atomic E-state index is 8.28. The van der Waals surface area contributed by atoms with E-state index in [-0.39, 0.29) is 12.4 Å². The second-order valence-corrected chi connectivity index (χ2v) is 2.53. The first-order valence-electron chi connectivity index (χ1n) is 3.96. The molecule has 4 N–H and O–H groups in total. The third kappa shape index (κ3) is 2.81. The number of oxime groups is 1. The number of ether oxygens (including phenoxy) is 1. The first-order chi connectivity index (χ1) is 6.76. The molecule has 0 radical (unpaired) electrons. The number of amidine groups is 1. The molecule has 0 aliphatic heterocycles. The summed E-state index contributed by atoms with van der Waals surface area (Å²) in [5, 5.41) is 14.0. The minimum atomic E-state index is 0.112. The lowest BCUT2D eigenvalue weighted by molar-refractivity contribution is 0.317. The first kappa shape index (κ1) is 10.1. The monoisotopic (exact) mass is 196 g/mol. The fourth-order valence-corrected chi connectivity index (χ4v) is 0.834. The van der Waals surface area contributed by atoms with Crippen molar-refractivity contribution in [2.24, 2.45) is 10.9 Å². The van der Waals surface area contributed by atoms with Crippen molar-refractivity contribution in [3.8, 4) is 5.88 Å². The van der Waals surface area contributed by atoms with E-state index in [1.165, 1.54) is 0 Å². The van der Waals surface area contributed by atoms with Crippen molar-refractivity contribution in [1.82, 2.24) is 4.98 Å². The summed E-state index contributed by atoms with van der Waals surface area (Å²) >= 11 is 0. The molecule has 1 heterocycles. The summed E-state index contributed by atoms with van der Waals surface area (Å²) in [6.07, 6.45) is 1.60. The Morgan fingerprint density at radius 3 is 3.00 bits per heavy atom. The maximum atomic E-state index is 8.28. The zero-order valence-electron chi connectivity index (χ0n) is 7.77. The van der Waals surface area contributed by atoms with Crippen molar-refractivity contribution in [2.45, 2.75) is 0 Å². The average molecular weight is 196 g/mol. The van der Waals surface area contributed by atoms with E-state index in [1.807, 2.05) is 0 Å². The average Bonchev–Trinajstić information content (AvgIpc) is 2.26. The lowest BCUT2D eigenvalue weighted by Gasteiger charge is -2.04. The van der Waals surface area contributed by atoms with Crippen molar-refractivity contribution in [1.29, 1.82) is 0 Å². The Balaban J connectivity index is 2.52. The van der Waals surface area contributed by atoms with Crippen LogP contribution in [-0.2, 0) is 0 Å². The molecule has 1 aromatic heterocycles. The van der Waals surface area contributed by atoms with Gasteiger partial charge in [-0.15, -0.1) is 0 Å². The SMILES string of the molecule is COc1ccc(NCC(N)=NO)cn1. The third-order valence-corrected chi connectivity index (χ3v) is 1.55. The van der Waals surface area contributed by atoms with Crippen molar-refractivity contribution >= 4 is 11.5 Å². The molecule has 76 valence electrons. The molecule has 0 fully saturated rings. The molecule has 0 amide bonds. The minimum Gasteiger partial charge on any atom is -0.481 e. The largest absolute Gasteiger partial charge is 0.481 e. The number of hydrogen-bond acceptors (Lipinski definition) is 5. The molecule has 6 heteroatoms. The van der Waals surface area contributed by atoms with Gasteiger partial charge in [-0.3, -0.25) is 0 Å². The highest BCUT2D eigenvalue weighted by Crippen LogP contribution is 2.10. The Bertz CT molecular complexity index is 310. The van der Waals surface area contributed by atoms with Crippen LogP contribution in [0.2, 0.25) is 0 Å². The second kappa shape index (κ2) is 4.90. The summed E-state index contributed by atoms with van der Waals surface area (Å²) in [4.78, 5) is 3.97. The molecule has 14 heavy (non-hydrogen) atoms. The van der Waals surface area contributed by atoms with Crippen LogP contribution in [0.15, 0.2) is 23.5 Å². The molecule has 0 saturated heterocycles. The molecule has 1 aromatic rings. The fourth-order valence-electron chi connectivity index (χ4n) is 0.834.